The van der Waals surface area contributed by atoms with Gasteiger partial charge in [-0.1, -0.05) is 43.7 Å². The first-order valence-corrected chi connectivity index (χ1v) is 13.1. The Labute approximate surface area is 213 Å². The standard InChI is InChI=1S/C30H36FN3O2/c1-30(2)25-11-8-24(27(30)20-25)21-34(29(36)23-9-12-26(31)13-10-23)19-16-32-14-17-33(18-15-32)28(35)22-6-4-3-5-7-22/h3-10,12-13,25,27H,11,14-21H2,1-2H3. The number of halogens is 1. The highest BCUT2D eigenvalue weighted by atomic mass is 19.1. The Bertz CT molecular complexity index is 1120. The molecule has 1 aliphatic heterocycles. The van der Waals surface area contributed by atoms with E-state index in [0.717, 1.165) is 37.5 Å². The molecule has 1 heterocycles. The van der Waals surface area contributed by atoms with E-state index in [1.807, 2.05) is 40.1 Å². The van der Waals surface area contributed by atoms with Crippen molar-refractivity contribution in [2.75, 3.05) is 45.8 Å². The molecule has 2 fully saturated rings. The number of hydrogen-bond acceptors (Lipinski definition) is 3. The van der Waals surface area contributed by atoms with Crippen LogP contribution in [-0.4, -0.2) is 72.3 Å². The molecule has 6 heteroatoms. The van der Waals surface area contributed by atoms with Gasteiger partial charge in [0.25, 0.3) is 11.8 Å². The van der Waals surface area contributed by atoms with Crippen molar-refractivity contribution < 1.29 is 14.0 Å². The summed E-state index contributed by atoms with van der Waals surface area (Å²) in [6.45, 7) is 9.63. The molecule has 2 bridgehead atoms. The molecule has 2 aromatic carbocycles. The highest BCUT2D eigenvalue weighted by Gasteiger charge is 2.51. The molecule has 6 rings (SSSR count). The number of rotatable bonds is 7. The van der Waals surface area contributed by atoms with Crippen molar-refractivity contribution in [1.29, 1.82) is 0 Å². The van der Waals surface area contributed by atoms with Gasteiger partial charge in [-0.05, 0) is 66.5 Å². The van der Waals surface area contributed by atoms with Crippen molar-refractivity contribution in [3.8, 4) is 0 Å². The van der Waals surface area contributed by atoms with Crippen LogP contribution in [0.1, 0.15) is 47.4 Å². The zero-order valence-electron chi connectivity index (χ0n) is 21.3. The molecular weight excluding hydrogens is 453 g/mol. The van der Waals surface area contributed by atoms with Crippen LogP contribution in [0.25, 0.3) is 0 Å². The van der Waals surface area contributed by atoms with Gasteiger partial charge in [0.1, 0.15) is 5.82 Å². The number of hydrogen-bond donors (Lipinski definition) is 0. The highest BCUT2D eigenvalue weighted by Crippen LogP contribution is 2.59. The molecule has 4 aliphatic rings. The molecule has 2 atom stereocenters. The summed E-state index contributed by atoms with van der Waals surface area (Å²) in [4.78, 5) is 32.4. The predicted molar refractivity (Wildman–Crippen MR) is 139 cm³/mol. The normalized spacial score (nSPS) is 23.0. The summed E-state index contributed by atoms with van der Waals surface area (Å²) < 4.78 is 13.5. The third-order valence-electron chi connectivity index (χ3n) is 8.70. The first-order valence-electron chi connectivity index (χ1n) is 13.1. The minimum absolute atomic E-state index is 0.0481. The van der Waals surface area contributed by atoms with Crippen LogP contribution in [0, 0.1) is 23.1 Å². The summed E-state index contributed by atoms with van der Waals surface area (Å²) in [7, 11) is 0. The quantitative estimate of drug-likeness (QED) is 0.529. The fourth-order valence-electron chi connectivity index (χ4n) is 6.10. The summed E-state index contributed by atoms with van der Waals surface area (Å²) in [6, 6.07) is 15.3. The van der Waals surface area contributed by atoms with Crippen molar-refractivity contribution in [1.82, 2.24) is 14.7 Å². The highest BCUT2D eigenvalue weighted by molar-refractivity contribution is 5.94. The largest absolute Gasteiger partial charge is 0.336 e. The number of allylic oxidation sites excluding steroid dienone is 1. The van der Waals surface area contributed by atoms with Crippen molar-refractivity contribution in [3.05, 3.63) is 83.2 Å². The Morgan fingerprint density at radius 2 is 1.67 bits per heavy atom. The average Bonchev–Trinajstić information content (AvgIpc) is 2.91. The van der Waals surface area contributed by atoms with Gasteiger partial charge in [-0.25, -0.2) is 4.39 Å². The lowest BCUT2D eigenvalue weighted by atomic mass is 9.49. The van der Waals surface area contributed by atoms with Gasteiger partial charge in [-0.15, -0.1) is 0 Å². The second kappa shape index (κ2) is 10.2. The number of carbonyl (C=O) groups is 2. The van der Waals surface area contributed by atoms with Crippen LogP contribution in [-0.2, 0) is 0 Å². The minimum atomic E-state index is -0.335. The van der Waals surface area contributed by atoms with Gasteiger partial charge in [0.15, 0.2) is 0 Å². The monoisotopic (exact) mass is 489 g/mol. The molecule has 2 amide bonds. The van der Waals surface area contributed by atoms with Gasteiger partial charge in [0.2, 0.25) is 0 Å². The Balaban J connectivity index is 1.22. The summed E-state index contributed by atoms with van der Waals surface area (Å²) in [5.41, 5.74) is 2.92. The van der Waals surface area contributed by atoms with Crippen LogP contribution in [0.3, 0.4) is 0 Å². The van der Waals surface area contributed by atoms with E-state index < -0.39 is 0 Å². The number of piperazine rings is 1. The second-order valence-corrected chi connectivity index (χ2v) is 11.1. The fraction of sp³-hybridized carbons (Fsp3) is 0.467. The Hall–Kier alpha value is -2.99. The van der Waals surface area contributed by atoms with E-state index in [1.165, 1.54) is 24.1 Å². The number of amides is 2. The first kappa shape index (κ1) is 24.7. The van der Waals surface area contributed by atoms with E-state index >= 15 is 0 Å². The fourth-order valence-corrected chi connectivity index (χ4v) is 6.10. The Kier molecular flexibility index (Phi) is 6.98. The summed E-state index contributed by atoms with van der Waals surface area (Å²) in [5, 5.41) is 0. The SMILES string of the molecule is CC1(C)C2CC=C(CN(CCN3CCN(C(=O)c4ccccc4)CC3)C(=O)c3ccc(F)cc3)C1C2. The summed E-state index contributed by atoms with van der Waals surface area (Å²) in [5.74, 6) is 0.982. The van der Waals surface area contributed by atoms with Crippen LogP contribution >= 0.6 is 0 Å². The lowest BCUT2D eigenvalue weighted by molar-refractivity contribution is -0.0105. The summed E-state index contributed by atoms with van der Waals surface area (Å²) >= 11 is 0. The molecule has 2 unspecified atom stereocenters. The molecule has 0 spiro atoms. The van der Waals surface area contributed by atoms with Crippen molar-refractivity contribution >= 4 is 11.8 Å². The van der Waals surface area contributed by atoms with Gasteiger partial charge in [-0.3, -0.25) is 14.5 Å². The average molecular weight is 490 g/mol. The maximum Gasteiger partial charge on any atom is 0.254 e. The van der Waals surface area contributed by atoms with Crippen molar-refractivity contribution in [2.24, 2.45) is 17.3 Å². The molecule has 36 heavy (non-hydrogen) atoms. The van der Waals surface area contributed by atoms with Crippen molar-refractivity contribution in [3.63, 3.8) is 0 Å². The molecule has 0 radical (unpaired) electrons. The lowest BCUT2D eigenvalue weighted by Crippen LogP contribution is -2.52. The molecule has 1 saturated carbocycles. The van der Waals surface area contributed by atoms with E-state index in [2.05, 4.69) is 24.8 Å². The molecule has 190 valence electrons. The third kappa shape index (κ3) is 4.96. The van der Waals surface area contributed by atoms with E-state index in [9.17, 15) is 14.0 Å². The number of carbonyl (C=O) groups excluding carboxylic acids is 2. The third-order valence-corrected chi connectivity index (χ3v) is 8.70. The van der Waals surface area contributed by atoms with E-state index in [4.69, 9.17) is 0 Å². The molecule has 3 aliphatic carbocycles. The molecular formula is C30H36FN3O2. The first-order chi connectivity index (χ1) is 17.3. The number of nitrogens with zero attached hydrogens (tertiary/aromatic N) is 3. The molecule has 2 aromatic rings. The van der Waals surface area contributed by atoms with E-state index in [-0.39, 0.29) is 17.6 Å². The van der Waals surface area contributed by atoms with Gasteiger partial charge in [0.05, 0.1) is 0 Å². The number of fused-ring (bicyclic) bond motifs is 1. The topological polar surface area (TPSA) is 43.9 Å². The lowest BCUT2D eigenvalue weighted by Gasteiger charge is -2.57. The molecule has 0 N–H and O–H groups in total. The molecule has 1 saturated heterocycles. The smallest absolute Gasteiger partial charge is 0.254 e. The Morgan fingerprint density at radius 3 is 2.31 bits per heavy atom. The maximum atomic E-state index is 13.5. The zero-order valence-corrected chi connectivity index (χ0v) is 21.3. The van der Waals surface area contributed by atoms with Gasteiger partial charge in [0, 0.05) is 56.9 Å². The van der Waals surface area contributed by atoms with Crippen LogP contribution in [0.5, 0.6) is 0 Å². The van der Waals surface area contributed by atoms with Gasteiger partial charge >= 0.3 is 0 Å². The van der Waals surface area contributed by atoms with E-state index in [0.29, 0.717) is 43.1 Å². The minimum Gasteiger partial charge on any atom is -0.336 e. The summed E-state index contributed by atoms with van der Waals surface area (Å²) in [6.07, 6.45) is 4.66. The molecule has 0 aromatic heterocycles. The van der Waals surface area contributed by atoms with Crippen LogP contribution < -0.4 is 0 Å². The molecule has 5 nitrogen and oxygen atoms in total. The Morgan fingerprint density at radius 1 is 0.972 bits per heavy atom. The second-order valence-electron chi connectivity index (χ2n) is 11.1. The maximum absolute atomic E-state index is 13.5. The van der Waals surface area contributed by atoms with Gasteiger partial charge < -0.3 is 9.80 Å². The van der Waals surface area contributed by atoms with Crippen LogP contribution in [0.15, 0.2) is 66.2 Å². The van der Waals surface area contributed by atoms with E-state index in [1.54, 1.807) is 12.1 Å². The van der Waals surface area contributed by atoms with Crippen LogP contribution in [0.4, 0.5) is 4.39 Å². The van der Waals surface area contributed by atoms with Gasteiger partial charge in [-0.2, -0.15) is 0 Å². The predicted octanol–water partition coefficient (Wildman–Crippen LogP) is 4.72. The number of benzene rings is 2. The van der Waals surface area contributed by atoms with Crippen molar-refractivity contribution in [2.45, 2.75) is 26.7 Å². The van der Waals surface area contributed by atoms with Crippen LogP contribution in [0.2, 0.25) is 0 Å². The zero-order chi connectivity index (χ0) is 25.3.